The lowest BCUT2D eigenvalue weighted by molar-refractivity contribution is -0.275. The third-order valence-corrected chi connectivity index (χ3v) is 3.39. The van der Waals surface area contributed by atoms with E-state index in [1.165, 1.54) is 24.4 Å². The maximum atomic E-state index is 12.4. The van der Waals surface area contributed by atoms with Crippen LogP contribution in [0, 0.1) is 0 Å². The molecule has 0 saturated heterocycles. The van der Waals surface area contributed by atoms with Gasteiger partial charge < -0.3 is 10.1 Å². The lowest BCUT2D eigenvalue weighted by Crippen LogP contribution is -2.30. The highest BCUT2D eigenvalue weighted by Gasteiger charge is 2.32. The molecule has 9 heteroatoms. The average molecular weight is 374 g/mol. The summed E-state index contributed by atoms with van der Waals surface area (Å²) in [4.78, 5) is 17.4. The Hall–Kier alpha value is -2.32. The normalized spacial score (nSPS) is 11.4. The van der Waals surface area contributed by atoms with E-state index in [-0.39, 0.29) is 29.9 Å². The first kappa shape index (κ1) is 19.0. The number of pyridine rings is 1. The molecule has 1 N–H and O–H groups in total. The van der Waals surface area contributed by atoms with Crippen LogP contribution in [-0.2, 0) is 11.3 Å². The predicted molar refractivity (Wildman–Crippen MR) is 87.3 cm³/mol. The summed E-state index contributed by atoms with van der Waals surface area (Å²) >= 11 is 5.85. The first-order valence-corrected chi connectivity index (χ1v) is 7.55. The fourth-order valence-electron chi connectivity index (χ4n) is 2.12. The van der Waals surface area contributed by atoms with E-state index >= 15 is 0 Å². The van der Waals surface area contributed by atoms with Crippen molar-refractivity contribution < 1.29 is 22.7 Å². The Balaban J connectivity index is 1.97. The van der Waals surface area contributed by atoms with E-state index in [0.29, 0.717) is 11.3 Å². The molecule has 0 saturated carbocycles. The zero-order valence-corrected chi connectivity index (χ0v) is 13.9. The van der Waals surface area contributed by atoms with Crippen LogP contribution >= 0.6 is 11.6 Å². The Kier molecular flexibility index (Phi) is 6.22. The van der Waals surface area contributed by atoms with Gasteiger partial charge in [0.2, 0.25) is 5.91 Å². The van der Waals surface area contributed by atoms with Gasteiger partial charge in [-0.1, -0.05) is 29.8 Å². The molecule has 134 valence electrons. The third-order valence-electron chi connectivity index (χ3n) is 3.09. The fourth-order valence-corrected chi connectivity index (χ4v) is 2.29. The minimum atomic E-state index is -4.77. The van der Waals surface area contributed by atoms with Crippen molar-refractivity contribution in [2.24, 2.45) is 0 Å². The Bertz CT molecular complexity index is 741. The highest BCUT2D eigenvalue weighted by Crippen LogP contribution is 2.27. The number of nitrogens with one attached hydrogen (secondary N) is 1. The number of likely N-dealkylation sites (N-methyl/N-ethyl adjacent to an activating group) is 1. The highest BCUT2D eigenvalue weighted by atomic mass is 35.5. The predicted octanol–water partition coefficient (Wildman–Crippen LogP) is 3.70. The molecule has 0 bridgehead atoms. The van der Waals surface area contributed by atoms with Gasteiger partial charge in [-0.2, -0.15) is 0 Å². The summed E-state index contributed by atoms with van der Waals surface area (Å²) in [6, 6.07) is 9.00. The SMILES string of the molecule is CN(CC(=O)Nc1cccnc1Cl)Cc1ccccc1OC(F)(F)F. The number of aromatic nitrogens is 1. The van der Waals surface area contributed by atoms with E-state index in [0.717, 1.165) is 0 Å². The number of para-hydroxylation sites is 1. The molecular formula is C16H15ClF3N3O2. The Labute approximate surface area is 147 Å². The number of halogens is 4. The van der Waals surface area contributed by atoms with Crippen molar-refractivity contribution in [2.45, 2.75) is 12.9 Å². The van der Waals surface area contributed by atoms with Crippen LogP contribution in [0.4, 0.5) is 18.9 Å². The number of ether oxygens (including phenoxy) is 1. The van der Waals surface area contributed by atoms with Crippen LogP contribution in [0.25, 0.3) is 0 Å². The van der Waals surface area contributed by atoms with Crippen LogP contribution in [0.2, 0.25) is 5.15 Å². The van der Waals surface area contributed by atoms with Gasteiger partial charge in [-0.15, -0.1) is 13.2 Å². The third kappa shape index (κ3) is 6.24. The number of rotatable bonds is 6. The van der Waals surface area contributed by atoms with Gasteiger partial charge in [0, 0.05) is 18.3 Å². The molecule has 1 amide bonds. The molecule has 0 aliphatic carbocycles. The van der Waals surface area contributed by atoms with Crippen molar-refractivity contribution in [1.29, 1.82) is 0 Å². The van der Waals surface area contributed by atoms with Crippen LogP contribution in [-0.4, -0.2) is 35.7 Å². The van der Waals surface area contributed by atoms with Crippen molar-refractivity contribution in [1.82, 2.24) is 9.88 Å². The number of nitrogens with zero attached hydrogens (tertiary/aromatic N) is 2. The Morgan fingerprint density at radius 1 is 1.28 bits per heavy atom. The molecule has 0 radical (unpaired) electrons. The van der Waals surface area contributed by atoms with Gasteiger partial charge in [-0.3, -0.25) is 9.69 Å². The van der Waals surface area contributed by atoms with Crippen LogP contribution in [0.5, 0.6) is 5.75 Å². The summed E-state index contributed by atoms with van der Waals surface area (Å²) in [5, 5.41) is 2.75. The number of hydrogen-bond acceptors (Lipinski definition) is 4. The Morgan fingerprint density at radius 3 is 2.68 bits per heavy atom. The van der Waals surface area contributed by atoms with Crippen LogP contribution in [0.1, 0.15) is 5.56 Å². The van der Waals surface area contributed by atoms with Gasteiger partial charge in [0.25, 0.3) is 0 Å². The molecule has 0 fully saturated rings. The number of carbonyl (C=O) groups is 1. The van der Waals surface area contributed by atoms with Crippen LogP contribution < -0.4 is 10.1 Å². The van der Waals surface area contributed by atoms with E-state index in [1.807, 2.05) is 0 Å². The molecule has 0 aliphatic heterocycles. The summed E-state index contributed by atoms with van der Waals surface area (Å²) in [6.45, 7) is 0.0476. The van der Waals surface area contributed by atoms with Crippen LogP contribution in [0.3, 0.4) is 0 Å². The van der Waals surface area contributed by atoms with E-state index in [1.54, 1.807) is 30.1 Å². The molecule has 1 aromatic carbocycles. The number of anilines is 1. The number of alkyl halides is 3. The maximum absolute atomic E-state index is 12.4. The lowest BCUT2D eigenvalue weighted by atomic mass is 10.2. The first-order chi connectivity index (χ1) is 11.7. The van der Waals surface area contributed by atoms with E-state index in [4.69, 9.17) is 11.6 Å². The minimum Gasteiger partial charge on any atom is -0.405 e. The minimum absolute atomic E-state index is 0.0500. The van der Waals surface area contributed by atoms with Gasteiger partial charge in [-0.05, 0) is 25.2 Å². The molecule has 0 spiro atoms. The second kappa shape index (κ2) is 8.17. The zero-order valence-electron chi connectivity index (χ0n) is 13.2. The van der Waals surface area contributed by atoms with E-state index < -0.39 is 6.36 Å². The summed E-state index contributed by atoms with van der Waals surface area (Å²) < 4.78 is 41.3. The summed E-state index contributed by atoms with van der Waals surface area (Å²) in [6.07, 6.45) is -3.29. The number of carbonyl (C=O) groups excluding carboxylic acids is 1. The molecule has 2 aromatic rings. The topological polar surface area (TPSA) is 54.5 Å². The van der Waals surface area contributed by atoms with Gasteiger partial charge in [-0.25, -0.2) is 4.98 Å². The molecule has 1 aromatic heterocycles. The summed E-state index contributed by atoms with van der Waals surface area (Å²) in [5.41, 5.74) is 0.679. The van der Waals surface area contributed by atoms with Gasteiger partial charge in [0.15, 0.2) is 5.15 Å². The van der Waals surface area contributed by atoms with Crippen molar-refractivity contribution >= 4 is 23.2 Å². The summed E-state index contributed by atoms with van der Waals surface area (Å²) in [5.74, 6) is -0.663. The average Bonchev–Trinajstić information content (AvgIpc) is 2.50. The van der Waals surface area contributed by atoms with E-state index in [9.17, 15) is 18.0 Å². The largest absolute Gasteiger partial charge is 0.573 e. The molecule has 5 nitrogen and oxygen atoms in total. The van der Waals surface area contributed by atoms with Gasteiger partial charge >= 0.3 is 6.36 Å². The van der Waals surface area contributed by atoms with E-state index in [2.05, 4.69) is 15.0 Å². The monoisotopic (exact) mass is 373 g/mol. The van der Waals surface area contributed by atoms with Gasteiger partial charge in [0.05, 0.1) is 12.2 Å². The molecule has 2 rings (SSSR count). The molecule has 1 heterocycles. The molecule has 25 heavy (non-hydrogen) atoms. The lowest BCUT2D eigenvalue weighted by Gasteiger charge is -2.19. The van der Waals surface area contributed by atoms with Gasteiger partial charge in [0.1, 0.15) is 5.75 Å². The maximum Gasteiger partial charge on any atom is 0.573 e. The molecule has 0 unspecified atom stereocenters. The molecule has 0 aliphatic rings. The number of hydrogen-bond donors (Lipinski definition) is 1. The van der Waals surface area contributed by atoms with Crippen molar-refractivity contribution in [2.75, 3.05) is 18.9 Å². The van der Waals surface area contributed by atoms with Crippen molar-refractivity contribution in [3.63, 3.8) is 0 Å². The highest BCUT2D eigenvalue weighted by molar-refractivity contribution is 6.32. The second-order valence-corrected chi connectivity index (χ2v) is 5.58. The standard InChI is InChI=1S/C16H15ClF3N3O2/c1-23(10-14(24)22-12-6-4-8-21-15(12)17)9-11-5-2-3-7-13(11)25-16(18,19)20/h2-8H,9-10H2,1H3,(H,22,24). The van der Waals surface area contributed by atoms with Crippen molar-refractivity contribution in [3.05, 3.63) is 53.3 Å². The summed E-state index contributed by atoms with van der Waals surface area (Å²) in [7, 11) is 1.61. The molecule has 0 atom stereocenters. The fraction of sp³-hybridized carbons (Fsp3) is 0.250. The van der Waals surface area contributed by atoms with Crippen LogP contribution in [0.15, 0.2) is 42.6 Å². The zero-order chi connectivity index (χ0) is 18.4. The quantitative estimate of drug-likeness (QED) is 0.784. The first-order valence-electron chi connectivity index (χ1n) is 7.17. The van der Waals surface area contributed by atoms with Crippen molar-refractivity contribution in [3.8, 4) is 5.75 Å². The Morgan fingerprint density at radius 2 is 2.00 bits per heavy atom. The smallest absolute Gasteiger partial charge is 0.405 e. The number of benzene rings is 1. The number of amides is 1. The molecular weight excluding hydrogens is 359 g/mol. The second-order valence-electron chi connectivity index (χ2n) is 5.22.